The highest BCUT2D eigenvalue weighted by molar-refractivity contribution is 5.82. The van der Waals surface area contributed by atoms with Crippen molar-refractivity contribution in [3.05, 3.63) is 54.5 Å². The van der Waals surface area contributed by atoms with E-state index in [0.717, 1.165) is 28.9 Å². The molecule has 0 aliphatic heterocycles. The van der Waals surface area contributed by atoms with E-state index < -0.39 is 0 Å². The van der Waals surface area contributed by atoms with E-state index in [1.165, 1.54) is 0 Å². The summed E-state index contributed by atoms with van der Waals surface area (Å²) < 4.78 is 7.93. The van der Waals surface area contributed by atoms with E-state index in [9.17, 15) is 5.11 Å². The van der Waals surface area contributed by atoms with Gasteiger partial charge in [-0.1, -0.05) is 0 Å². The molecule has 0 amide bonds. The van der Waals surface area contributed by atoms with E-state index in [0.29, 0.717) is 6.61 Å². The molecule has 2 heterocycles. The molecule has 0 bridgehead atoms. The van der Waals surface area contributed by atoms with Crippen molar-refractivity contribution < 1.29 is 9.84 Å². The Morgan fingerprint density at radius 3 is 2.90 bits per heavy atom. The Balaban J connectivity index is 1.91. The molecule has 4 nitrogen and oxygen atoms in total. The average Bonchev–Trinajstić information content (AvgIpc) is 2.82. The van der Waals surface area contributed by atoms with Crippen LogP contribution in [0.25, 0.3) is 10.9 Å². The van der Waals surface area contributed by atoms with Crippen molar-refractivity contribution in [1.29, 1.82) is 0 Å². The third-order valence-electron chi connectivity index (χ3n) is 3.31. The third kappa shape index (κ3) is 2.32. The number of hydrogen-bond donors (Lipinski definition) is 1. The number of fused-ring (bicyclic) bond motifs is 1. The van der Waals surface area contributed by atoms with Crippen molar-refractivity contribution in [3.8, 4) is 11.5 Å². The number of aromatic hydroxyl groups is 1. The van der Waals surface area contributed by atoms with Gasteiger partial charge in [-0.25, -0.2) is 0 Å². The maximum atomic E-state index is 9.56. The van der Waals surface area contributed by atoms with E-state index in [1.807, 2.05) is 18.2 Å². The van der Waals surface area contributed by atoms with Crippen LogP contribution < -0.4 is 4.74 Å². The minimum atomic E-state index is 0.283. The van der Waals surface area contributed by atoms with E-state index >= 15 is 0 Å². The summed E-state index contributed by atoms with van der Waals surface area (Å²) in [4.78, 5) is 4.03. The fourth-order valence-electron chi connectivity index (χ4n) is 2.40. The number of aryl methyl sites for hydroxylation is 1. The largest absolute Gasteiger partial charge is 0.508 e. The molecule has 20 heavy (non-hydrogen) atoms. The lowest BCUT2D eigenvalue weighted by Crippen LogP contribution is -2.04. The Labute approximate surface area is 117 Å². The lowest BCUT2D eigenvalue weighted by Gasteiger charge is -2.09. The zero-order chi connectivity index (χ0) is 13.9. The fourth-order valence-corrected chi connectivity index (χ4v) is 2.40. The first kappa shape index (κ1) is 12.5. The lowest BCUT2D eigenvalue weighted by molar-refractivity contribution is 0.295. The smallest absolute Gasteiger partial charge is 0.138 e. The summed E-state index contributed by atoms with van der Waals surface area (Å²) in [5.74, 6) is 1.04. The van der Waals surface area contributed by atoms with Gasteiger partial charge in [-0.05, 0) is 43.3 Å². The van der Waals surface area contributed by atoms with Gasteiger partial charge in [0, 0.05) is 23.6 Å². The molecular weight excluding hydrogens is 252 g/mol. The van der Waals surface area contributed by atoms with Crippen molar-refractivity contribution in [1.82, 2.24) is 9.55 Å². The van der Waals surface area contributed by atoms with Crippen LogP contribution >= 0.6 is 0 Å². The Hall–Kier alpha value is -2.49. The summed E-state index contributed by atoms with van der Waals surface area (Å²) in [6, 6.07) is 11.2. The first-order valence-electron chi connectivity index (χ1n) is 6.62. The molecule has 0 saturated carbocycles. The van der Waals surface area contributed by atoms with Gasteiger partial charge >= 0.3 is 0 Å². The van der Waals surface area contributed by atoms with Crippen molar-refractivity contribution >= 4 is 10.9 Å². The lowest BCUT2D eigenvalue weighted by atomic mass is 10.2. The number of benzene rings is 1. The zero-order valence-electron chi connectivity index (χ0n) is 11.3. The summed E-state index contributed by atoms with van der Waals surface area (Å²) in [5, 5.41) is 10.6. The molecule has 4 heteroatoms. The Morgan fingerprint density at radius 1 is 1.25 bits per heavy atom. The molecular formula is C16H16N2O2. The van der Waals surface area contributed by atoms with E-state index in [4.69, 9.17) is 4.74 Å². The standard InChI is InChI=1S/C16H16N2O2/c1-2-18-13(11-20-15-4-3-7-17-10-15)8-12-9-14(19)5-6-16(12)18/h3-10,19H,2,11H2,1H3. The number of hydrogen-bond acceptors (Lipinski definition) is 3. The predicted octanol–water partition coefficient (Wildman–Crippen LogP) is 3.34. The van der Waals surface area contributed by atoms with Crippen LogP contribution in [0.5, 0.6) is 11.5 Å². The predicted molar refractivity (Wildman–Crippen MR) is 77.8 cm³/mol. The van der Waals surface area contributed by atoms with Gasteiger partial charge < -0.3 is 14.4 Å². The van der Waals surface area contributed by atoms with E-state index in [2.05, 4.69) is 22.5 Å². The molecule has 3 rings (SSSR count). The molecule has 0 spiro atoms. The topological polar surface area (TPSA) is 47.3 Å². The van der Waals surface area contributed by atoms with Gasteiger partial charge in [0.15, 0.2) is 0 Å². The van der Waals surface area contributed by atoms with Crippen LogP contribution in [0.4, 0.5) is 0 Å². The zero-order valence-corrected chi connectivity index (χ0v) is 11.3. The average molecular weight is 268 g/mol. The third-order valence-corrected chi connectivity index (χ3v) is 3.31. The van der Waals surface area contributed by atoms with Gasteiger partial charge in [0.05, 0.1) is 11.9 Å². The summed E-state index contributed by atoms with van der Waals surface area (Å²) in [7, 11) is 0. The molecule has 0 radical (unpaired) electrons. The number of nitrogens with zero attached hydrogens (tertiary/aromatic N) is 2. The minimum Gasteiger partial charge on any atom is -0.508 e. The molecule has 0 aliphatic carbocycles. The van der Waals surface area contributed by atoms with Crippen LogP contribution in [0, 0.1) is 0 Å². The highest BCUT2D eigenvalue weighted by Gasteiger charge is 2.08. The number of pyridine rings is 1. The van der Waals surface area contributed by atoms with E-state index in [1.54, 1.807) is 24.5 Å². The molecule has 1 aromatic carbocycles. The van der Waals surface area contributed by atoms with Gasteiger partial charge in [-0.2, -0.15) is 0 Å². The second-order valence-corrected chi connectivity index (χ2v) is 4.60. The Morgan fingerprint density at radius 2 is 2.15 bits per heavy atom. The molecule has 0 fully saturated rings. The molecule has 0 atom stereocenters. The molecule has 102 valence electrons. The van der Waals surface area contributed by atoms with Crippen LogP contribution in [0.15, 0.2) is 48.8 Å². The van der Waals surface area contributed by atoms with Gasteiger partial charge in [0.25, 0.3) is 0 Å². The van der Waals surface area contributed by atoms with Gasteiger partial charge in [0.2, 0.25) is 0 Å². The summed E-state index contributed by atoms with van der Waals surface area (Å²) >= 11 is 0. The van der Waals surface area contributed by atoms with Gasteiger partial charge in [0.1, 0.15) is 18.1 Å². The molecule has 1 N–H and O–H groups in total. The fraction of sp³-hybridized carbons (Fsp3) is 0.188. The van der Waals surface area contributed by atoms with Crippen LogP contribution in [-0.2, 0) is 13.2 Å². The highest BCUT2D eigenvalue weighted by atomic mass is 16.5. The van der Waals surface area contributed by atoms with Gasteiger partial charge in [-0.15, -0.1) is 0 Å². The van der Waals surface area contributed by atoms with E-state index in [-0.39, 0.29) is 5.75 Å². The minimum absolute atomic E-state index is 0.283. The normalized spacial score (nSPS) is 10.8. The first-order chi connectivity index (χ1) is 9.78. The maximum Gasteiger partial charge on any atom is 0.138 e. The SMILES string of the molecule is CCn1c(COc2cccnc2)cc2cc(O)ccc21. The van der Waals surface area contributed by atoms with Crippen LogP contribution in [0.1, 0.15) is 12.6 Å². The number of aromatic nitrogens is 2. The second-order valence-electron chi connectivity index (χ2n) is 4.60. The first-order valence-corrected chi connectivity index (χ1v) is 6.62. The maximum absolute atomic E-state index is 9.56. The molecule has 0 saturated heterocycles. The Kier molecular flexibility index (Phi) is 3.29. The van der Waals surface area contributed by atoms with Crippen molar-refractivity contribution in [2.75, 3.05) is 0 Å². The van der Waals surface area contributed by atoms with Crippen molar-refractivity contribution in [3.63, 3.8) is 0 Å². The van der Waals surface area contributed by atoms with Crippen LogP contribution in [0.3, 0.4) is 0 Å². The highest BCUT2D eigenvalue weighted by Crippen LogP contribution is 2.25. The Bertz CT molecular complexity index is 720. The molecule has 0 aliphatic rings. The number of phenolic OH excluding ortho intramolecular Hbond substituents is 1. The summed E-state index contributed by atoms with van der Waals surface area (Å²) in [6.45, 7) is 3.44. The number of rotatable bonds is 4. The van der Waals surface area contributed by atoms with Crippen LogP contribution in [0.2, 0.25) is 0 Å². The van der Waals surface area contributed by atoms with Crippen molar-refractivity contribution in [2.45, 2.75) is 20.1 Å². The summed E-state index contributed by atoms with van der Waals surface area (Å²) in [5.41, 5.74) is 2.19. The van der Waals surface area contributed by atoms with Crippen LogP contribution in [-0.4, -0.2) is 14.7 Å². The molecule has 2 aromatic heterocycles. The number of ether oxygens (including phenoxy) is 1. The molecule has 3 aromatic rings. The number of phenols is 1. The van der Waals surface area contributed by atoms with Crippen molar-refractivity contribution in [2.24, 2.45) is 0 Å². The molecule has 0 unspecified atom stereocenters. The van der Waals surface area contributed by atoms with Gasteiger partial charge in [-0.3, -0.25) is 4.98 Å². The monoisotopic (exact) mass is 268 g/mol. The quantitative estimate of drug-likeness (QED) is 0.789. The summed E-state index contributed by atoms with van der Waals surface area (Å²) in [6.07, 6.45) is 3.42. The second kappa shape index (κ2) is 5.25.